The highest BCUT2D eigenvalue weighted by Gasteiger charge is 2.18. The Morgan fingerprint density at radius 1 is 1.29 bits per heavy atom. The number of ketones is 1. The van der Waals surface area contributed by atoms with E-state index in [1.807, 2.05) is 0 Å². The molecule has 1 aromatic carbocycles. The number of rotatable bonds is 8. The molecule has 0 spiro atoms. The number of ether oxygens (including phenoxy) is 2. The van der Waals surface area contributed by atoms with Crippen LogP contribution < -0.4 is 5.73 Å². The average Bonchev–Trinajstić information content (AvgIpc) is 2.91. The molecule has 2 aromatic rings. The van der Waals surface area contributed by atoms with E-state index in [-0.39, 0.29) is 31.0 Å². The van der Waals surface area contributed by atoms with Gasteiger partial charge in [0.15, 0.2) is 11.5 Å². The van der Waals surface area contributed by atoms with Crippen molar-refractivity contribution in [2.24, 2.45) is 5.73 Å². The van der Waals surface area contributed by atoms with Gasteiger partial charge in [-0.1, -0.05) is 6.07 Å². The molecule has 1 aromatic heterocycles. The Morgan fingerprint density at radius 2 is 2.04 bits per heavy atom. The number of fused-ring (bicyclic) bond motifs is 1. The van der Waals surface area contributed by atoms with Gasteiger partial charge in [-0.3, -0.25) is 19.1 Å². The summed E-state index contributed by atoms with van der Waals surface area (Å²) >= 11 is 0. The normalized spacial score (nSPS) is 10.8. The topological polar surface area (TPSA) is 114 Å². The van der Waals surface area contributed by atoms with E-state index in [4.69, 9.17) is 15.2 Å². The van der Waals surface area contributed by atoms with Crippen molar-refractivity contribution in [1.82, 2.24) is 9.78 Å². The zero-order chi connectivity index (χ0) is 17.7. The van der Waals surface area contributed by atoms with Gasteiger partial charge in [0.05, 0.1) is 18.7 Å². The van der Waals surface area contributed by atoms with E-state index in [2.05, 4.69) is 5.10 Å². The van der Waals surface area contributed by atoms with Gasteiger partial charge in [0, 0.05) is 24.5 Å². The fraction of sp³-hybridized carbons (Fsp3) is 0.375. The number of hydrogen-bond acceptors (Lipinski definition) is 6. The second-order valence-electron chi connectivity index (χ2n) is 5.07. The summed E-state index contributed by atoms with van der Waals surface area (Å²) in [7, 11) is 1.52. The number of aromatic nitrogens is 2. The van der Waals surface area contributed by atoms with Crippen LogP contribution in [0.3, 0.4) is 0 Å². The summed E-state index contributed by atoms with van der Waals surface area (Å²) in [5.74, 6) is -1.31. The van der Waals surface area contributed by atoms with Crippen molar-refractivity contribution in [3.8, 4) is 0 Å². The third-order valence-corrected chi connectivity index (χ3v) is 3.42. The summed E-state index contributed by atoms with van der Waals surface area (Å²) in [4.78, 5) is 35.4. The quantitative estimate of drug-likeness (QED) is 0.567. The second kappa shape index (κ2) is 7.69. The van der Waals surface area contributed by atoms with Crippen LogP contribution in [-0.2, 0) is 20.8 Å². The van der Waals surface area contributed by atoms with E-state index in [1.165, 1.54) is 11.8 Å². The summed E-state index contributed by atoms with van der Waals surface area (Å²) in [5.41, 5.74) is 6.30. The molecule has 0 aliphatic heterocycles. The van der Waals surface area contributed by atoms with Gasteiger partial charge in [-0.05, 0) is 19.1 Å². The number of carbonyl (C=O) groups excluding carboxylic acids is 3. The molecule has 24 heavy (non-hydrogen) atoms. The molecular weight excluding hydrogens is 314 g/mol. The Balaban J connectivity index is 2.45. The van der Waals surface area contributed by atoms with Gasteiger partial charge < -0.3 is 15.2 Å². The van der Waals surface area contributed by atoms with Gasteiger partial charge >= 0.3 is 5.97 Å². The van der Waals surface area contributed by atoms with Gasteiger partial charge in [0.2, 0.25) is 0 Å². The highest BCUT2D eigenvalue weighted by Crippen LogP contribution is 2.21. The molecule has 1 amide bonds. The van der Waals surface area contributed by atoms with Crippen molar-refractivity contribution in [2.75, 3.05) is 20.3 Å². The largest absolute Gasteiger partial charge is 0.465 e. The van der Waals surface area contributed by atoms with Crippen molar-refractivity contribution < 1.29 is 23.9 Å². The summed E-state index contributed by atoms with van der Waals surface area (Å²) in [6, 6.07) is 4.79. The average molecular weight is 333 g/mol. The van der Waals surface area contributed by atoms with Crippen molar-refractivity contribution >= 4 is 28.6 Å². The van der Waals surface area contributed by atoms with Crippen LogP contribution in [0.25, 0.3) is 10.9 Å². The third-order valence-electron chi connectivity index (χ3n) is 3.42. The predicted molar refractivity (Wildman–Crippen MR) is 85.7 cm³/mol. The highest BCUT2D eigenvalue weighted by molar-refractivity contribution is 6.06. The zero-order valence-corrected chi connectivity index (χ0v) is 13.6. The first-order chi connectivity index (χ1) is 11.5. The SMILES string of the molecule is CCOC(=O)Cn1nc(C(N)=O)c2ccc(C(=O)CCOC)cc21. The van der Waals surface area contributed by atoms with Crippen LogP contribution in [0, 0.1) is 0 Å². The first kappa shape index (κ1) is 17.6. The molecule has 0 fully saturated rings. The van der Waals surface area contributed by atoms with Crippen LogP contribution in [-0.4, -0.2) is 47.8 Å². The summed E-state index contributed by atoms with van der Waals surface area (Å²) in [6.45, 7) is 2.07. The lowest BCUT2D eigenvalue weighted by Crippen LogP contribution is -2.16. The van der Waals surface area contributed by atoms with Crippen molar-refractivity contribution in [2.45, 2.75) is 19.9 Å². The van der Waals surface area contributed by atoms with Gasteiger partial charge in [-0.25, -0.2) is 0 Å². The number of primary amides is 1. The Kier molecular flexibility index (Phi) is 5.64. The molecule has 0 radical (unpaired) electrons. The standard InChI is InChI=1S/C16H19N3O5/c1-3-24-14(21)9-19-12-8-10(13(20)6-7-23-2)4-5-11(12)15(18-19)16(17)22/h4-5,8H,3,6-7,9H2,1-2H3,(H2,17,22). The minimum absolute atomic E-state index is 0.0465. The first-order valence-corrected chi connectivity index (χ1v) is 7.46. The molecule has 128 valence electrons. The Morgan fingerprint density at radius 3 is 2.67 bits per heavy atom. The minimum atomic E-state index is -0.707. The molecule has 2 rings (SSSR count). The van der Waals surface area contributed by atoms with E-state index in [1.54, 1.807) is 25.1 Å². The molecule has 0 atom stereocenters. The molecule has 1 heterocycles. The molecule has 8 heteroatoms. The molecular formula is C16H19N3O5. The summed E-state index contributed by atoms with van der Waals surface area (Å²) < 4.78 is 11.1. The maximum Gasteiger partial charge on any atom is 0.327 e. The Hall–Kier alpha value is -2.74. The molecule has 8 nitrogen and oxygen atoms in total. The Labute approximate surface area is 138 Å². The lowest BCUT2D eigenvalue weighted by molar-refractivity contribution is -0.143. The molecule has 0 aliphatic rings. The molecule has 2 N–H and O–H groups in total. The fourth-order valence-corrected chi connectivity index (χ4v) is 2.32. The van der Waals surface area contributed by atoms with Gasteiger partial charge in [0.25, 0.3) is 5.91 Å². The predicted octanol–water partition coefficient (Wildman–Crippen LogP) is 0.917. The molecule has 0 unspecified atom stereocenters. The van der Waals surface area contributed by atoms with E-state index >= 15 is 0 Å². The van der Waals surface area contributed by atoms with Crippen LogP contribution >= 0.6 is 0 Å². The number of carbonyl (C=O) groups is 3. The lowest BCUT2D eigenvalue weighted by atomic mass is 10.1. The highest BCUT2D eigenvalue weighted by atomic mass is 16.5. The van der Waals surface area contributed by atoms with Crippen LogP contribution in [0.5, 0.6) is 0 Å². The maximum atomic E-state index is 12.1. The number of hydrogen-bond donors (Lipinski definition) is 1. The van der Waals surface area contributed by atoms with Crippen LogP contribution in [0.1, 0.15) is 34.2 Å². The number of benzene rings is 1. The van der Waals surface area contributed by atoms with Crippen LogP contribution in [0.4, 0.5) is 0 Å². The van der Waals surface area contributed by atoms with E-state index in [0.717, 1.165) is 0 Å². The summed E-state index contributed by atoms with van der Waals surface area (Å²) in [6.07, 6.45) is 0.233. The van der Waals surface area contributed by atoms with Gasteiger partial charge in [0.1, 0.15) is 6.54 Å². The second-order valence-corrected chi connectivity index (χ2v) is 5.07. The fourth-order valence-electron chi connectivity index (χ4n) is 2.32. The van der Waals surface area contributed by atoms with E-state index < -0.39 is 11.9 Å². The van der Waals surface area contributed by atoms with Gasteiger partial charge in [-0.2, -0.15) is 5.10 Å². The van der Waals surface area contributed by atoms with Crippen LogP contribution in [0.15, 0.2) is 18.2 Å². The molecule has 0 saturated heterocycles. The van der Waals surface area contributed by atoms with Gasteiger partial charge in [-0.15, -0.1) is 0 Å². The van der Waals surface area contributed by atoms with Crippen molar-refractivity contribution in [1.29, 1.82) is 0 Å². The number of nitrogens with two attached hydrogens (primary N) is 1. The van der Waals surface area contributed by atoms with Crippen LogP contribution in [0.2, 0.25) is 0 Å². The van der Waals surface area contributed by atoms with Crippen molar-refractivity contribution in [3.63, 3.8) is 0 Å². The first-order valence-electron chi connectivity index (χ1n) is 7.46. The van der Waals surface area contributed by atoms with E-state index in [0.29, 0.717) is 23.1 Å². The number of nitrogens with zero attached hydrogens (tertiary/aromatic N) is 2. The molecule has 0 aliphatic carbocycles. The van der Waals surface area contributed by atoms with Crippen molar-refractivity contribution in [3.05, 3.63) is 29.5 Å². The lowest BCUT2D eigenvalue weighted by Gasteiger charge is -2.05. The number of esters is 1. The number of methoxy groups -OCH3 is 1. The van der Waals surface area contributed by atoms with E-state index in [9.17, 15) is 14.4 Å². The maximum absolute atomic E-state index is 12.1. The third kappa shape index (κ3) is 3.77. The summed E-state index contributed by atoms with van der Waals surface area (Å²) in [5, 5.41) is 4.56. The number of Topliss-reactive ketones (excluding diaryl/α,β-unsaturated/α-hetero) is 1. The minimum Gasteiger partial charge on any atom is -0.465 e. The molecule has 0 bridgehead atoms. The monoisotopic (exact) mass is 333 g/mol. The zero-order valence-electron chi connectivity index (χ0n) is 13.6. The Bertz CT molecular complexity index is 781. The number of amides is 1. The molecule has 0 saturated carbocycles. The smallest absolute Gasteiger partial charge is 0.327 e.